The Morgan fingerprint density at radius 3 is 2.27 bits per heavy atom. The molecule has 0 heterocycles. The lowest BCUT2D eigenvalue weighted by Crippen LogP contribution is -2.37. The summed E-state index contributed by atoms with van der Waals surface area (Å²) in [4.78, 5) is 23.6. The van der Waals surface area contributed by atoms with Gasteiger partial charge in [0.05, 0.1) is 19.1 Å². The quantitative estimate of drug-likeness (QED) is 0.688. The Bertz CT molecular complexity index is 481. The maximum absolute atomic E-state index is 11.8. The molecule has 0 radical (unpaired) electrons. The fourth-order valence-electron chi connectivity index (χ4n) is 1.90. The van der Waals surface area contributed by atoms with Crippen LogP contribution in [0.4, 0.5) is 5.69 Å². The van der Waals surface area contributed by atoms with Gasteiger partial charge in [-0.15, -0.1) is 0 Å². The van der Waals surface area contributed by atoms with Gasteiger partial charge in [-0.1, -0.05) is 32.9 Å². The highest BCUT2D eigenvalue weighted by atomic mass is 16.3. The highest BCUT2D eigenvalue weighted by Crippen LogP contribution is 2.12. The van der Waals surface area contributed by atoms with Crippen LogP contribution >= 0.6 is 0 Å². The van der Waals surface area contributed by atoms with E-state index in [2.05, 4.69) is 10.6 Å². The third-order valence-corrected chi connectivity index (χ3v) is 3.72. The number of carbonyl (C=O) groups is 2. The van der Waals surface area contributed by atoms with Crippen molar-refractivity contribution >= 4 is 17.5 Å². The van der Waals surface area contributed by atoms with Crippen molar-refractivity contribution in [1.29, 1.82) is 0 Å². The molecule has 5 nitrogen and oxygen atoms in total. The van der Waals surface area contributed by atoms with Crippen LogP contribution in [0, 0.1) is 5.92 Å². The molecule has 1 aromatic carbocycles. The van der Waals surface area contributed by atoms with Crippen LogP contribution in [0.5, 0.6) is 0 Å². The first-order chi connectivity index (χ1) is 10.5. The average Bonchev–Trinajstić information content (AvgIpc) is 2.53. The Hall–Kier alpha value is -1.88. The van der Waals surface area contributed by atoms with Crippen molar-refractivity contribution in [2.75, 3.05) is 11.9 Å². The minimum Gasteiger partial charge on any atom is -0.394 e. The van der Waals surface area contributed by atoms with E-state index in [-0.39, 0.29) is 36.8 Å². The molecular formula is C17H26N2O3. The van der Waals surface area contributed by atoms with Crippen molar-refractivity contribution in [3.05, 3.63) is 29.8 Å². The van der Waals surface area contributed by atoms with E-state index in [4.69, 9.17) is 5.11 Å². The average molecular weight is 306 g/mol. The summed E-state index contributed by atoms with van der Waals surface area (Å²) in [5, 5.41) is 14.7. The lowest BCUT2D eigenvalue weighted by atomic mass is 10.1. The minimum absolute atomic E-state index is 0.00160. The van der Waals surface area contributed by atoms with Gasteiger partial charge < -0.3 is 15.7 Å². The molecule has 0 bridgehead atoms. The summed E-state index contributed by atoms with van der Waals surface area (Å²) in [7, 11) is 0. The van der Waals surface area contributed by atoms with E-state index in [0.29, 0.717) is 6.42 Å². The highest BCUT2D eigenvalue weighted by Gasteiger charge is 2.11. The zero-order chi connectivity index (χ0) is 16.5. The minimum atomic E-state index is -0.193. The fraction of sp³-hybridized carbons (Fsp3) is 0.529. The smallest absolute Gasteiger partial charge is 0.227 e. The Kier molecular flexibility index (Phi) is 7.60. The highest BCUT2D eigenvalue weighted by molar-refractivity contribution is 5.92. The van der Waals surface area contributed by atoms with Crippen molar-refractivity contribution in [2.24, 2.45) is 5.92 Å². The number of carbonyl (C=O) groups excluding carboxylic acids is 2. The number of rotatable bonds is 8. The predicted molar refractivity (Wildman–Crippen MR) is 87.5 cm³/mol. The molecule has 5 heteroatoms. The molecule has 3 N–H and O–H groups in total. The number of benzene rings is 1. The zero-order valence-electron chi connectivity index (χ0n) is 13.6. The van der Waals surface area contributed by atoms with E-state index in [1.165, 1.54) is 0 Å². The molecule has 2 atom stereocenters. The van der Waals surface area contributed by atoms with Gasteiger partial charge in [0.2, 0.25) is 11.8 Å². The summed E-state index contributed by atoms with van der Waals surface area (Å²) in [5.74, 6) is -0.131. The lowest BCUT2D eigenvalue weighted by Gasteiger charge is -2.14. The molecule has 0 aromatic heterocycles. The van der Waals surface area contributed by atoms with E-state index in [1.807, 2.05) is 32.9 Å². The molecule has 0 saturated heterocycles. The molecule has 0 spiro atoms. The van der Waals surface area contributed by atoms with Crippen molar-refractivity contribution in [1.82, 2.24) is 5.32 Å². The second-order valence-electron chi connectivity index (χ2n) is 5.53. The second-order valence-corrected chi connectivity index (χ2v) is 5.53. The number of hydrogen-bond acceptors (Lipinski definition) is 3. The normalized spacial score (nSPS) is 13.3. The molecule has 0 saturated carbocycles. The van der Waals surface area contributed by atoms with Crippen LogP contribution in [0.2, 0.25) is 0 Å². The van der Waals surface area contributed by atoms with E-state index >= 15 is 0 Å². The SMILES string of the molecule is CCC(CO)NC(=O)Cc1ccc(NC(=O)C(C)CC)cc1. The van der Waals surface area contributed by atoms with E-state index < -0.39 is 0 Å². The molecule has 2 unspecified atom stereocenters. The molecule has 1 aromatic rings. The number of nitrogens with one attached hydrogen (secondary N) is 2. The summed E-state index contributed by atoms with van der Waals surface area (Å²) in [5.41, 5.74) is 1.60. The molecular weight excluding hydrogens is 280 g/mol. The van der Waals surface area contributed by atoms with Gasteiger partial charge in [0.1, 0.15) is 0 Å². The summed E-state index contributed by atoms with van der Waals surface area (Å²) >= 11 is 0. The van der Waals surface area contributed by atoms with Gasteiger partial charge in [-0.25, -0.2) is 0 Å². The predicted octanol–water partition coefficient (Wildman–Crippen LogP) is 2.10. The van der Waals surface area contributed by atoms with Gasteiger partial charge >= 0.3 is 0 Å². The Morgan fingerprint density at radius 2 is 1.77 bits per heavy atom. The first-order valence-electron chi connectivity index (χ1n) is 7.80. The Labute approximate surface area is 132 Å². The van der Waals surface area contributed by atoms with Gasteiger partial charge in [-0.3, -0.25) is 9.59 Å². The van der Waals surface area contributed by atoms with Gasteiger partial charge in [0, 0.05) is 11.6 Å². The molecule has 1 rings (SSSR count). The Morgan fingerprint density at radius 1 is 1.14 bits per heavy atom. The standard InChI is InChI=1S/C17H26N2O3/c1-4-12(3)17(22)19-15-8-6-13(7-9-15)10-16(21)18-14(5-2)11-20/h6-9,12,14,20H,4-5,10-11H2,1-3H3,(H,18,21)(H,19,22). The summed E-state index contributed by atoms with van der Waals surface area (Å²) < 4.78 is 0. The van der Waals surface area contributed by atoms with E-state index in [9.17, 15) is 9.59 Å². The fourth-order valence-corrected chi connectivity index (χ4v) is 1.90. The summed E-state index contributed by atoms with van der Waals surface area (Å²) in [6.45, 7) is 5.72. The first-order valence-corrected chi connectivity index (χ1v) is 7.80. The van der Waals surface area contributed by atoms with Crippen molar-refractivity contribution in [3.8, 4) is 0 Å². The van der Waals surface area contributed by atoms with Crippen LogP contribution in [-0.4, -0.2) is 29.6 Å². The molecule has 0 aliphatic rings. The lowest BCUT2D eigenvalue weighted by molar-refractivity contribution is -0.121. The number of aliphatic hydroxyl groups excluding tert-OH is 1. The summed E-state index contributed by atoms with van der Waals surface area (Å²) in [6.07, 6.45) is 1.76. The van der Waals surface area contributed by atoms with Crippen LogP contribution < -0.4 is 10.6 Å². The number of anilines is 1. The molecule has 0 fully saturated rings. The zero-order valence-corrected chi connectivity index (χ0v) is 13.6. The molecule has 0 aliphatic heterocycles. The number of aliphatic hydroxyl groups is 1. The van der Waals surface area contributed by atoms with E-state index in [0.717, 1.165) is 17.7 Å². The number of amides is 2. The van der Waals surface area contributed by atoms with Crippen molar-refractivity contribution < 1.29 is 14.7 Å². The topological polar surface area (TPSA) is 78.4 Å². The second kappa shape index (κ2) is 9.20. The maximum Gasteiger partial charge on any atom is 0.227 e. The molecule has 122 valence electrons. The summed E-state index contributed by atoms with van der Waals surface area (Å²) in [6, 6.07) is 7.05. The van der Waals surface area contributed by atoms with Crippen LogP contribution in [0.3, 0.4) is 0 Å². The van der Waals surface area contributed by atoms with Crippen LogP contribution in [0.1, 0.15) is 39.2 Å². The molecule has 0 aliphatic carbocycles. The van der Waals surface area contributed by atoms with Crippen LogP contribution in [0.25, 0.3) is 0 Å². The first kappa shape index (κ1) is 18.2. The largest absolute Gasteiger partial charge is 0.394 e. The molecule has 22 heavy (non-hydrogen) atoms. The van der Waals surface area contributed by atoms with Crippen molar-refractivity contribution in [3.63, 3.8) is 0 Å². The van der Waals surface area contributed by atoms with Gasteiger partial charge in [-0.2, -0.15) is 0 Å². The van der Waals surface area contributed by atoms with Gasteiger partial charge in [0.25, 0.3) is 0 Å². The van der Waals surface area contributed by atoms with Crippen LogP contribution in [-0.2, 0) is 16.0 Å². The Balaban J connectivity index is 2.54. The monoisotopic (exact) mass is 306 g/mol. The van der Waals surface area contributed by atoms with Gasteiger partial charge in [-0.05, 0) is 30.5 Å². The number of hydrogen-bond donors (Lipinski definition) is 3. The third-order valence-electron chi connectivity index (χ3n) is 3.72. The van der Waals surface area contributed by atoms with Gasteiger partial charge in [0.15, 0.2) is 0 Å². The van der Waals surface area contributed by atoms with Crippen LogP contribution in [0.15, 0.2) is 24.3 Å². The molecule has 2 amide bonds. The maximum atomic E-state index is 11.8. The van der Waals surface area contributed by atoms with E-state index in [1.54, 1.807) is 12.1 Å². The third kappa shape index (κ3) is 5.85. The van der Waals surface area contributed by atoms with Crippen molar-refractivity contribution in [2.45, 2.75) is 46.1 Å².